The molecule has 1 aromatic heterocycles. The molecule has 0 bridgehead atoms. The molecule has 23 heavy (non-hydrogen) atoms. The molecule has 1 aromatic rings. The fourth-order valence-corrected chi connectivity index (χ4v) is 2.24. The number of ether oxygens (including phenoxy) is 1. The Balaban J connectivity index is 2.01. The fraction of sp³-hybridized carbons (Fsp3) is 0.615. The van der Waals surface area contributed by atoms with E-state index in [4.69, 9.17) is 9.84 Å². The van der Waals surface area contributed by atoms with E-state index in [1.807, 2.05) is 0 Å². The first-order valence-corrected chi connectivity index (χ1v) is 7.09. The van der Waals surface area contributed by atoms with Crippen LogP contribution in [0.2, 0.25) is 0 Å². The third kappa shape index (κ3) is 3.92. The summed E-state index contributed by atoms with van der Waals surface area (Å²) in [5, 5.41) is 48.9. The van der Waals surface area contributed by atoms with Gasteiger partial charge in [-0.2, -0.15) is 0 Å². The molecule has 0 aliphatic carbocycles. The van der Waals surface area contributed by atoms with Crippen LogP contribution < -0.4 is 5.32 Å². The lowest BCUT2D eigenvalue weighted by Crippen LogP contribution is -2.56. The van der Waals surface area contributed by atoms with Crippen molar-refractivity contribution < 1.29 is 30.0 Å². The minimum Gasteiger partial charge on any atom is -0.394 e. The van der Waals surface area contributed by atoms with E-state index in [0.29, 0.717) is 18.7 Å². The first-order valence-electron chi connectivity index (χ1n) is 7.09. The summed E-state index contributed by atoms with van der Waals surface area (Å²) in [7, 11) is 0. The van der Waals surface area contributed by atoms with E-state index in [1.165, 1.54) is 10.9 Å². The second-order valence-corrected chi connectivity index (χ2v) is 5.15. The molecule has 5 atom stereocenters. The van der Waals surface area contributed by atoms with Gasteiger partial charge in [-0.1, -0.05) is 11.8 Å². The average Bonchev–Trinajstić information content (AvgIpc) is 3.01. The van der Waals surface area contributed by atoms with E-state index in [2.05, 4.69) is 22.2 Å². The molecule has 0 radical (unpaired) electrons. The second-order valence-electron chi connectivity index (χ2n) is 5.15. The van der Waals surface area contributed by atoms with Gasteiger partial charge in [-0.05, 0) is 6.08 Å². The monoisotopic (exact) mass is 328 g/mol. The molecule has 0 spiro atoms. The van der Waals surface area contributed by atoms with E-state index in [9.17, 15) is 20.1 Å². The van der Waals surface area contributed by atoms with Crippen molar-refractivity contribution in [3.05, 3.63) is 24.5 Å². The summed E-state index contributed by atoms with van der Waals surface area (Å²) < 4.78 is 6.56. The number of hydrogen-bond acceptors (Lipinski definition) is 8. The first-order chi connectivity index (χ1) is 11.0. The van der Waals surface area contributed by atoms with Gasteiger partial charge in [0, 0.05) is 13.0 Å². The van der Waals surface area contributed by atoms with E-state index in [1.54, 1.807) is 0 Å². The lowest BCUT2D eigenvalue weighted by molar-refractivity contribution is -0.254. The quantitative estimate of drug-likeness (QED) is 0.349. The third-order valence-electron chi connectivity index (χ3n) is 3.55. The van der Waals surface area contributed by atoms with Crippen LogP contribution in [0.5, 0.6) is 0 Å². The molecule has 128 valence electrons. The molecule has 2 heterocycles. The number of nitrogens with one attached hydrogen (secondary N) is 1. The number of hydrogen-bond donors (Lipinski definition) is 5. The molecule has 0 aromatic carbocycles. The summed E-state index contributed by atoms with van der Waals surface area (Å²) in [5.41, 5.74) is 0.534. The van der Waals surface area contributed by atoms with Gasteiger partial charge in [0.1, 0.15) is 24.4 Å². The fourth-order valence-electron chi connectivity index (χ4n) is 2.24. The topological polar surface area (TPSA) is 150 Å². The van der Waals surface area contributed by atoms with Crippen molar-refractivity contribution in [2.45, 2.75) is 37.1 Å². The molecule has 1 fully saturated rings. The highest BCUT2D eigenvalue weighted by atomic mass is 16.6. The summed E-state index contributed by atoms with van der Waals surface area (Å²) in [6.07, 6.45) is -3.39. The number of carbonyl (C=O) groups excluding carboxylic acids is 1. The number of amides is 1. The average molecular weight is 328 g/mol. The highest BCUT2D eigenvalue weighted by Crippen LogP contribution is 2.27. The molecule has 1 aliphatic rings. The van der Waals surface area contributed by atoms with Crippen LogP contribution >= 0.6 is 0 Å². The van der Waals surface area contributed by atoms with Crippen molar-refractivity contribution in [1.82, 2.24) is 20.3 Å². The predicted octanol–water partition coefficient (Wildman–Crippen LogP) is -2.90. The number of aliphatic hydroxyl groups is 4. The smallest absolute Gasteiger partial charge is 0.243 e. The Bertz CT molecular complexity index is 548. The maximum atomic E-state index is 11.0. The maximum absolute atomic E-state index is 11.0. The molecular formula is C13H20N4O6. The van der Waals surface area contributed by atoms with Crippen molar-refractivity contribution in [2.75, 3.05) is 13.2 Å². The zero-order valence-corrected chi connectivity index (χ0v) is 12.3. The molecule has 10 nitrogen and oxygen atoms in total. The Kier molecular flexibility index (Phi) is 5.80. The Morgan fingerprint density at radius 1 is 1.39 bits per heavy atom. The molecule has 1 saturated heterocycles. The number of aromatic nitrogens is 3. The van der Waals surface area contributed by atoms with Gasteiger partial charge in [-0.3, -0.25) is 4.79 Å². The summed E-state index contributed by atoms with van der Waals surface area (Å²) in [5.74, 6) is -0.300. The highest BCUT2D eigenvalue weighted by Gasteiger charge is 2.44. The van der Waals surface area contributed by atoms with Crippen molar-refractivity contribution in [2.24, 2.45) is 0 Å². The van der Waals surface area contributed by atoms with Crippen molar-refractivity contribution in [3.8, 4) is 0 Å². The molecule has 1 aliphatic heterocycles. The van der Waals surface area contributed by atoms with Gasteiger partial charge in [0.05, 0.1) is 18.5 Å². The third-order valence-corrected chi connectivity index (χ3v) is 3.55. The van der Waals surface area contributed by atoms with Gasteiger partial charge in [-0.25, -0.2) is 4.68 Å². The zero-order chi connectivity index (χ0) is 17.0. The van der Waals surface area contributed by atoms with Gasteiger partial charge in [0.2, 0.25) is 5.91 Å². The SMILES string of the molecule is C=CC(=O)NCCc1cn([C@@H]2O[C@H](CO)[C@H](O)[C@H](O)[C@H]2O)nn1. The lowest BCUT2D eigenvalue weighted by Gasteiger charge is -2.39. The Labute approximate surface area is 132 Å². The van der Waals surface area contributed by atoms with Crippen LogP contribution in [0, 0.1) is 0 Å². The Morgan fingerprint density at radius 3 is 2.78 bits per heavy atom. The standard InChI is InChI=1S/C13H20N4O6/c1-2-9(19)14-4-3-7-5-17(16-15-7)13-12(22)11(21)10(20)8(6-18)23-13/h2,5,8,10-13,18,20-22H,1,3-4,6H2,(H,14,19)/t8-,10+,11+,12-,13-/m1/s1. The van der Waals surface area contributed by atoms with Gasteiger partial charge >= 0.3 is 0 Å². The van der Waals surface area contributed by atoms with E-state index >= 15 is 0 Å². The van der Waals surface area contributed by atoms with Crippen LogP contribution in [-0.2, 0) is 16.0 Å². The minimum atomic E-state index is -1.48. The minimum absolute atomic E-state index is 0.300. The highest BCUT2D eigenvalue weighted by molar-refractivity contribution is 5.86. The summed E-state index contributed by atoms with van der Waals surface area (Å²) in [6.45, 7) is 3.15. The van der Waals surface area contributed by atoms with E-state index in [0.717, 1.165) is 6.08 Å². The molecule has 2 rings (SSSR count). The van der Waals surface area contributed by atoms with Crippen LogP contribution in [0.3, 0.4) is 0 Å². The predicted molar refractivity (Wildman–Crippen MR) is 75.9 cm³/mol. The van der Waals surface area contributed by atoms with Gasteiger partial charge in [-0.15, -0.1) is 5.10 Å². The van der Waals surface area contributed by atoms with Crippen LogP contribution in [0.4, 0.5) is 0 Å². The molecule has 1 amide bonds. The molecular weight excluding hydrogens is 308 g/mol. The normalized spacial score (nSPS) is 30.9. The maximum Gasteiger partial charge on any atom is 0.243 e. The van der Waals surface area contributed by atoms with E-state index in [-0.39, 0.29) is 5.91 Å². The lowest BCUT2D eigenvalue weighted by atomic mass is 9.98. The van der Waals surface area contributed by atoms with Crippen molar-refractivity contribution in [1.29, 1.82) is 0 Å². The van der Waals surface area contributed by atoms with Crippen LogP contribution in [0.15, 0.2) is 18.9 Å². The molecule has 10 heteroatoms. The number of rotatable bonds is 6. The van der Waals surface area contributed by atoms with Crippen LogP contribution in [-0.4, -0.2) is 78.9 Å². The summed E-state index contributed by atoms with van der Waals surface area (Å²) >= 11 is 0. The van der Waals surface area contributed by atoms with Crippen LogP contribution in [0.1, 0.15) is 11.9 Å². The zero-order valence-electron chi connectivity index (χ0n) is 12.3. The Morgan fingerprint density at radius 2 is 2.13 bits per heavy atom. The Hall–Kier alpha value is -1.85. The summed E-state index contributed by atoms with van der Waals surface area (Å²) in [4.78, 5) is 11.0. The van der Waals surface area contributed by atoms with E-state index < -0.39 is 37.3 Å². The largest absolute Gasteiger partial charge is 0.394 e. The van der Waals surface area contributed by atoms with Crippen molar-refractivity contribution >= 4 is 5.91 Å². The van der Waals surface area contributed by atoms with Gasteiger partial charge in [0.25, 0.3) is 0 Å². The van der Waals surface area contributed by atoms with Gasteiger partial charge in [0.15, 0.2) is 6.23 Å². The summed E-state index contributed by atoms with van der Waals surface area (Å²) in [6, 6.07) is 0. The van der Waals surface area contributed by atoms with Crippen LogP contribution in [0.25, 0.3) is 0 Å². The number of nitrogens with zero attached hydrogens (tertiary/aromatic N) is 3. The second kappa shape index (κ2) is 7.62. The molecule has 0 unspecified atom stereocenters. The first kappa shape index (κ1) is 17.5. The van der Waals surface area contributed by atoms with Gasteiger partial charge < -0.3 is 30.5 Å². The number of aliphatic hydroxyl groups excluding tert-OH is 4. The number of carbonyl (C=O) groups is 1. The molecule has 5 N–H and O–H groups in total. The van der Waals surface area contributed by atoms with Crippen molar-refractivity contribution in [3.63, 3.8) is 0 Å². The molecule has 0 saturated carbocycles.